The Bertz CT molecular complexity index is 594. The van der Waals surface area contributed by atoms with Gasteiger partial charge in [-0.1, -0.05) is 0 Å². The smallest absolute Gasteiger partial charge is 0.217 e. The highest BCUT2D eigenvalue weighted by Crippen LogP contribution is 2.32. The van der Waals surface area contributed by atoms with Crippen molar-refractivity contribution in [3.8, 4) is 0 Å². The van der Waals surface area contributed by atoms with Gasteiger partial charge in [-0.25, -0.2) is 0 Å². The molecule has 5 atom stereocenters. The summed E-state index contributed by atoms with van der Waals surface area (Å²) in [6.45, 7) is 27.7. The van der Waals surface area contributed by atoms with Crippen LogP contribution in [0, 0.1) is 0 Å². The van der Waals surface area contributed by atoms with Crippen LogP contribution in [0.3, 0.4) is 0 Å². The second kappa shape index (κ2) is 10.6. The molecule has 1 aliphatic heterocycles. The van der Waals surface area contributed by atoms with Crippen LogP contribution in [-0.2, 0) is 27.2 Å². The van der Waals surface area contributed by atoms with Gasteiger partial charge < -0.3 is 27.8 Å². The highest BCUT2D eigenvalue weighted by atomic mass is 28.4. The van der Waals surface area contributed by atoms with Crippen molar-refractivity contribution in [3.05, 3.63) is 0 Å². The minimum absolute atomic E-state index is 0.134. The molecular weight excluding hydrogens is 463 g/mol. The fraction of sp³-hybridized carbons (Fsp3) is 0.950. The van der Waals surface area contributed by atoms with Gasteiger partial charge in [0.05, 0.1) is 12.7 Å². The van der Waals surface area contributed by atoms with Gasteiger partial charge in [-0.2, -0.15) is 0 Å². The molecule has 31 heavy (non-hydrogen) atoms. The van der Waals surface area contributed by atoms with E-state index in [2.05, 4.69) is 83.9 Å². The Morgan fingerprint density at radius 2 is 1.19 bits per heavy atom. The lowest BCUT2D eigenvalue weighted by atomic mass is 9.97. The molecule has 0 bridgehead atoms. The van der Waals surface area contributed by atoms with E-state index in [0.29, 0.717) is 6.61 Å². The zero-order valence-corrected chi connectivity index (χ0v) is 26.0. The highest BCUT2D eigenvalue weighted by molar-refractivity contribution is 6.71. The first-order valence-corrected chi connectivity index (χ1v) is 24.9. The molecule has 1 fully saturated rings. The molecule has 7 nitrogen and oxygen atoms in total. The van der Waals surface area contributed by atoms with E-state index >= 15 is 0 Å². The average molecular weight is 510 g/mol. The number of hydrogen-bond donors (Lipinski definition) is 1. The fourth-order valence-electron chi connectivity index (χ4n) is 3.31. The number of hydrogen-bond acceptors (Lipinski definition) is 6. The van der Waals surface area contributed by atoms with E-state index in [1.54, 1.807) is 0 Å². The van der Waals surface area contributed by atoms with Crippen molar-refractivity contribution in [3.63, 3.8) is 0 Å². The quantitative estimate of drug-likeness (QED) is 0.441. The van der Waals surface area contributed by atoms with E-state index in [9.17, 15) is 4.79 Å². The summed E-state index contributed by atoms with van der Waals surface area (Å²) in [6.07, 6.45) is -1.64. The first-order chi connectivity index (χ1) is 13.7. The molecule has 0 radical (unpaired) electrons. The van der Waals surface area contributed by atoms with Crippen LogP contribution >= 0.6 is 0 Å². The molecule has 0 unspecified atom stereocenters. The Kier molecular flexibility index (Phi) is 9.97. The molecule has 0 aromatic rings. The van der Waals surface area contributed by atoms with Crippen LogP contribution in [0.1, 0.15) is 6.92 Å². The molecule has 0 aromatic heterocycles. The van der Waals surface area contributed by atoms with Gasteiger partial charge in [0, 0.05) is 6.92 Å². The molecular formula is C20H47NO6Si4. The topological polar surface area (TPSA) is 75.3 Å². The van der Waals surface area contributed by atoms with Gasteiger partial charge in [-0.15, -0.1) is 0 Å². The molecule has 1 N–H and O–H groups in total. The van der Waals surface area contributed by atoms with E-state index in [1.807, 2.05) is 0 Å². The fourth-order valence-corrected chi connectivity index (χ4v) is 7.07. The summed E-state index contributed by atoms with van der Waals surface area (Å²) in [7, 11) is -7.67. The van der Waals surface area contributed by atoms with Gasteiger partial charge in [-0.05, 0) is 78.6 Å². The third-order valence-corrected chi connectivity index (χ3v) is 8.08. The van der Waals surface area contributed by atoms with E-state index < -0.39 is 45.6 Å². The first kappa shape index (κ1) is 29.2. The third kappa shape index (κ3) is 11.7. The Balaban J connectivity index is 3.45. The van der Waals surface area contributed by atoms with Crippen LogP contribution in [0.2, 0.25) is 78.6 Å². The van der Waals surface area contributed by atoms with Crippen molar-refractivity contribution in [2.45, 2.75) is 116 Å². The molecule has 0 aromatic carbocycles. The number of ether oxygens (including phenoxy) is 1. The van der Waals surface area contributed by atoms with Gasteiger partial charge >= 0.3 is 0 Å². The van der Waals surface area contributed by atoms with Crippen LogP contribution in [-0.4, -0.2) is 76.4 Å². The van der Waals surface area contributed by atoms with Crippen molar-refractivity contribution in [2.24, 2.45) is 0 Å². The second-order valence-electron chi connectivity index (χ2n) is 12.3. The van der Waals surface area contributed by atoms with Crippen LogP contribution < -0.4 is 5.32 Å². The largest absolute Gasteiger partial charge is 0.415 e. The Hall–Kier alpha value is 0.138. The molecule has 0 saturated carbocycles. The Labute approximate surface area is 194 Å². The van der Waals surface area contributed by atoms with Gasteiger partial charge in [0.25, 0.3) is 0 Å². The summed E-state index contributed by atoms with van der Waals surface area (Å²) < 4.78 is 32.5. The molecule has 1 amide bonds. The van der Waals surface area contributed by atoms with Crippen molar-refractivity contribution in [1.82, 2.24) is 5.32 Å². The highest BCUT2D eigenvalue weighted by Gasteiger charge is 2.51. The summed E-state index contributed by atoms with van der Waals surface area (Å²) in [4.78, 5) is 12.2. The second-order valence-corrected chi connectivity index (χ2v) is 30.2. The summed E-state index contributed by atoms with van der Waals surface area (Å²) in [5.41, 5.74) is 0. The van der Waals surface area contributed by atoms with Crippen molar-refractivity contribution in [2.75, 3.05) is 6.61 Å². The van der Waals surface area contributed by atoms with E-state index in [-0.39, 0.29) is 24.2 Å². The predicted molar refractivity (Wildman–Crippen MR) is 136 cm³/mol. The molecule has 1 rings (SSSR count). The Morgan fingerprint density at radius 3 is 1.58 bits per heavy atom. The van der Waals surface area contributed by atoms with Crippen LogP contribution in [0.5, 0.6) is 0 Å². The van der Waals surface area contributed by atoms with E-state index in [4.69, 9.17) is 22.4 Å². The minimum Gasteiger partial charge on any atom is -0.415 e. The lowest BCUT2D eigenvalue weighted by Gasteiger charge is -2.50. The zero-order valence-electron chi connectivity index (χ0n) is 22.0. The monoisotopic (exact) mass is 509 g/mol. The van der Waals surface area contributed by atoms with E-state index in [0.717, 1.165) is 0 Å². The molecule has 1 heterocycles. The maximum Gasteiger partial charge on any atom is 0.217 e. The molecule has 1 saturated heterocycles. The van der Waals surface area contributed by atoms with Gasteiger partial charge in [-0.3, -0.25) is 4.79 Å². The lowest BCUT2D eigenvalue weighted by molar-refractivity contribution is -0.238. The van der Waals surface area contributed by atoms with Gasteiger partial charge in [0.2, 0.25) is 5.91 Å². The zero-order chi connectivity index (χ0) is 24.4. The van der Waals surface area contributed by atoms with Gasteiger partial charge in [0.15, 0.2) is 39.6 Å². The van der Waals surface area contributed by atoms with Gasteiger partial charge in [0.1, 0.15) is 18.2 Å². The normalized spacial score (nSPS) is 28.5. The standard InChI is InChI=1S/C20H47NO6Si4/c1-15(22)21-17-19(26-30(8,9)10)18(25-29(5,6)7)16(14-23-28(2,3)4)24-20(17)27-31(11,12)13/h16-20H,14H2,1-13H3,(H,21,22)/t16-,17+,18-,19-,20+/m1/s1. The molecule has 1 aliphatic rings. The number of rotatable bonds is 10. The van der Waals surface area contributed by atoms with Crippen molar-refractivity contribution < 1.29 is 27.2 Å². The maximum absolute atomic E-state index is 12.2. The number of carbonyl (C=O) groups is 1. The van der Waals surface area contributed by atoms with Crippen molar-refractivity contribution >= 4 is 39.2 Å². The van der Waals surface area contributed by atoms with E-state index in [1.165, 1.54) is 6.92 Å². The molecule has 0 spiro atoms. The first-order valence-electron chi connectivity index (χ1n) is 11.3. The number of carbonyl (C=O) groups excluding carboxylic acids is 1. The molecule has 184 valence electrons. The molecule has 0 aliphatic carbocycles. The maximum atomic E-state index is 12.2. The van der Waals surface area contributed by atoms with Crippen molar-refractivity contribution in [1.29, 1.82) is 0 Å². The average Bonchev–Trinajstić information content (AvgIpc) is 2.46. The predicted octanol–water partition coefficient (Wildman–Crippen LogP) is 4.36. The molecule has 11 heteroatoms. The SMILES string of the molecule is CC(=O)N[C@@H]1[C@H](O[Si](C)(C)C)O[C@H](CO[Si](C)(C)C)[C@@H](O[Si](C)(C)C)[C@@H]1O[Si](C)(C)C. The third-order valence-electron chi connectivity index (χ3n) is 4.15. The Morgan fingerprint density at radius 1 is 0.742 bits per heavy atom. The van der Waals surface area contributed by atoms with Crippen LogP contribution in [0.4, 0.5) is 0 Å². The number of amides is 1. The summed E-state index contributed by atoms with van der Waals surface area (Å²) in [5.74, 6) is -0.134. The summed E-state index contributed by atoms with van der Waals surface area (Å²) in [5, 5.41) is 3.07. The minimum atomic E-state index is -1.98. The number of nitrogens with one attached hydrogen (secondary N) is 1. The summed E-state index contributed by atoms with van der Waals surface area (Å²) >= 11 is 0. The van der Waals surface area contributed by atoms with Crippen LogP contribution in [0.15, 0.2) is 0 Å². The summed E-state index contributed by atoms with van der Waals surface area (Å²) in [6, 6.07) is -0.444. The lowest BCUT2D eigenvalue weighted by Crippen LogP contribution is -2.69. The van der Waals surface area contributed by atoms with Crippen LogP contribution in [0.25, 0.3) is 0 Å².